The van der Waals surface area contributed by atoms with Crippen LogP contribution in [0.1, 0.15) is 32.6 Å². The number of hydrogen-bond acceptors (Lipinski definition) is 4. The Hall–Kier alpha value is -0.620. The minimum Gasteiger partial charge on any atom is -0.351 e. The van der Waals surface area contributed by atoms with Gasteiger partial charge in [-0.3, -0.25) is 4.79 Å². The first-order valence-corrected chi connectivity index (χ1v) is 8.00. The molecule has 2 aliphatic heterocycles. The van der Waals surface area contributed by atoms with Gasteiger partial charge < -0.3 is 10.6 Å². The summed E-state index contributed by atoms with van der Waals surface area (Å²) in [4.78, 5) is 12.1. The molecule has 2 unspecified atom stereocenters. The number of hydrogen-bond donors (Lipinski definition) is 2. The zero-order chi connectivity index (χ0) is 12.5. The van der Waals surface area contributed by atoms with E-state index in [-0.39, 0.29) is 23.5 Å². The third-order valence-corrected chi connectivity index (χ3v) is 5.49. The minimum atomic E-state index is -2.96. The van der Waals surface area contributed by atoms with Crippen molar-refractivity contribution in [3.8, 4) is 0 Å². The molecule has 0 spiro atoms. The van der Waals surface area contributed by atoms with E-state index in [0.29, 0.717) is 6.42 Å². The number of carbonyl (C=O) groups is 1. The summed E-state index contributed by atoms with van der Waals surface area (Å²) in [6.07, 6.45) is 3.23. The molecule has 2 aliphatic rings. The van der Waals surface area contributed by atoms with Gasteiger partial charge in [0.1, 0.15) is 0 Å². The van der Waals surface area contributed by atoms with E-state index in [1.165, 1.54) is 0 Å². The average molecular weight is 260 g/mol. The molecule has 17 heavy (non-hydrogen) atoms. The van der Waals surface area contributed by atoms with Gasteiger partial charge in [-0.2, -0.15) is 0 Å². The van der Waals surface area contributed by atoms with Gasteiger partial charge in [0.2, 0.25) is 5.91 Å². The lowest BCUT2D eigenvalue weighted by Gasteiger charge is -2.29. The third-order valence-electron chi connectivity index (χ3n) is 3.67. The second kappa shape index (κ2) is 4.57. The third kappa shape index (κ3) is 2.98. The lowest BCUT2D eigenvalue weighted by molar-refractivity contribution is -0.127. The van der Waals surface area contributed by atoms with Crippen molar-refractivity contribution < 1.29 is 13.2 Å². The molecule has 2 saturated heterocycles. The molecule has 0 bridgehead atoms. The van der Waals surface area contributed by atoms with Gasteiger partial charge in [0.25, 0.3) is 0 Å². The molecule has 2 rings (SSSR count). The summed E-state index contributed by atoms with van der Waals surface area (Å²) in [7, 11) is -2.96. The smallest absolute Gasteiger partial charge is 0.240 e. The monoisotopic (exact) mass is 260 g/mol. The molecule has 2 heterocycles. The topological polar surface area (TPSA) is 75.3 Å². The quantitative estimate of drug-likeness (QED) is 0.722. The van der Waals surface area contributed by atoms with Gasteiger partial charge in [-0.05, 0) is 39.2 Å². The highest BCUT2D eigenvalue weighted by atomic mass is 32.2. The zero-order valence-electron chi connectivity index (χ0n) is 10.2. The maximum Gasteiger partial charge on any atom is 0.240 e. The van der Waals surface area contributed by atoms with Crippen LogP contribution in [0.15, 0.2) is 0 Å². The highest BCUT2D eigenvalue weighted by molar-refractivity contribution is 7.91. The summed E-state index contributed by atoms with van der Waals surface area (Å²) in [5.74, 6) is 0.293. The van der Waals surface area contributed by atoms with Crippen molar-refractivity contribution in [2.24, 2.45) is 0 Å². The zero-order valence-corrected chi connectivity index (χ0v) is 11.0. The molecule has 2 atom stereocenters. The average Bonchev–Trinajstić information content (AvgIpc) is 2.65. The fourth-order valence-corrected chi connectivity index (χ4v) is 4.21. The SMILES string of the molecule is CC1(C(=O)NC2CCCS(=O)(=O)C2)CCCN1. The molecule has 1 amide bonds. The molecule has 0 aromatic rings. The van der Waals surface area contributed by atoms with Gasteiger partial charge in [0, 0.05) is 6.04 Å². The Labute approximate surface area is 102 Å². The van der Waals surface area contributed by atoms with E-state index in [4.69, 9.17) is 0 Å². The van der Waals surface area contributed by atoms with Crippen LogP contribution in [-0.2, 0) is 14.6 Å². The molecule has 0 saturated carbocycles. The van der Waals surface area contributed by atoms with Crippen LogP contribution in [-0.4, -0.2) is 44.0 Å². The Morgan fingerprint density at radius 2 is 2.18 bits per heavy atom. The van der Waals surface area contributed by atoms with E-state index in [1.54, 1.807) is 0 Å². The molecule has 98 valence electrons. The molecule has 6 heteroatoms. The summed E-state index contributed by atoms with van der Waals surface area (Å²) in [5.41, 5.74) is -0.513. The fourth-order valence-electron chi connectivity index (χ4n) is 2.57. The summed E-state index contributed by atoms with van der Waals surface area (Å²) >= 11 is 0. The molecular weight excluding hydrogens is 240 g/mol. The highest BCUT2D eigenvalue weighted by Crippen LogP contribution is 2.20. The van der Waals surface area contributed by atoms with Crippen LogP contribution in [0.2, 0.25) is 0 Å². The minimum absolute atomic E-state index is 0.0582. The maximum absolute atomic E-state index is 12.1. The standard InChI is InChI=1S/C11H20N2O3S/c1-11(5-3-6-12-11)10(14)13-9-4-2-7-17(15,16)8-9/h9,12H,2-8H2,1H3,(H,13,14). The lowest BCUT2D eigenvalue weighted by Crippen LogP contribution is -2.55. The van der Waals surface area contributed by atoms with Crippen LogP contribution in [0.5, 0.6) is 0 Å². The molecule has 0 aromatic carbocycles. The predicted octanol–water partition coefficient (Wildman–Crippen LogP) is -0.178. The normalized spacial score (nSPS) is 36.6. The molecule has 0 aromatic heterocycles. The van der Waals surface area contributed by atoms with E-state index in [9.17, 15) is 13.2 Å². The Bertz CT molecular complexity index is 399. The van der Waals surface area contributed by atoms with Crippen molar-refractivity contribution in [2.45, 2.75) is 44.2 Å². The molecule has 2 fully saturated rings. The number of sulfone groups is 1. The second-order valence-electron chi connectivity index (χ2n) is 5.29. The van der Waals surface area contributed by atoms with Crippen molar-refractivity contribution in [3.63, 3.8) is 0 Å². The van der Waals surface area contributed by atoms with Crippen molar-refractivity contribution in [1.29, 1.82) is 0 Å². The lowest BCUT2D eigenvalue weighted by atomic mass is 9.98. The van der Waals surface area contributed by atoms with E-state index in [2.05, 4.69) is 10.6 Å². The van der Waals surface area contributed by atoms with Gasteiger partial charge in [-0.15, -0.1) is 0 Å². The van der Waals surface area contributed by atoms with Gasteiger partial charge >= 0.3 is 0 Å². The van der Waals surface area contributed by atoms with Crippen molar-refractivity contribution in [3.05, 3.63) is 0 Å². The predicted molar refractivity (Wildman–Crippen MR) is 65.5 cm³/mol. The fraction of sp³-hybridized carbons (Fsp3) is 0.909. The van der Waals surface area contributed by atoms with Crippen molar-refractivity contribution >= 4 is 15.7 Å². The first-order chi connectivity index (χ1) is 7.91. The van der Waals surface area contributed by atoms with Crippen LogP contribution in [0, 0.1) is 0 Å². The Balaban J connectivity index is 1.94. The number of carbonyl (C=O) groups excluding carboxylic acids is 1. The molecule has 0 radical (unpaired) electrons. The Morgan fingerprint density at radius 3 is 2.76 bits per heavy atom. The number of nitrogens with one attached hydrogen (secondary N) is 2. The largest absolute Gasteiger partial charge is 0.351 e. The van der Waals surface area contributed by atoms with Gasteiger partial charge in [-0.25, -0.2) is 8.42 Å². The summed E-state index contributed by atoms with van der Waals surface area (Å²) in [5, 5.41) is 6.06. The van der Waals surface area contributed by atoms with E-state index < -0.39 is 15.4 Å². The first kappa shape index (κ1) is 12.8. The van der Waals surface area contributed by atoms with Gasteiger partial charge in [-0.1, -0.05) is 0 Å². The van der Waals surface area contributed by atoms with E-state index in [1.807, 2.05) is 6.92 Å². The Morgan fingerprint density at radius 1 is 1.41 bits per heavy atom. The number of amides is 1. The molecule has 5 nitrogen and oxygen atoms in total. The first-order valence-electron chi connectivity index (χ1n) is 6.18. The molecule has 2 N–H and O–H groups in total. The second-order valence-corrected chi connectivity index (χ2v) is 7.52. The molecular formula is C11H20N2O3S. The van der Waals surface area contributed by atoms with Crippen LogP contribution >= 0.6 is 0 Å². The van der Waals surface area contributed by atoms with E-state index in [0.717, 1.165) is 25.8 Å². The van der Waals surface area contributed by atoms with Crippen LogP contribution in [0.4, 0.5) is 0 Å². The maximum atomic E-state index is 12.1. The van der Waals surface area contributed by atoms with E-state index >= 15 is 0 Å². The Kier molecular flexibility index (Phi) is 3.45. The van der Waals surface area contributed by atoms with Crippen LogP contribution < -0.4 is 10.6 Å². The van der Waals surface area contributed by atoms with Crippen molar-refractivity contribution in [1.82, 2.24) is 10.6 Å². The summed E-state index contributed by atoms with van der Waals surface area (Å²) in [6, 6.07) is -0.208. The van der Waals surface area contributed by atoms with Crippen LogP contribution in [0.3, 0.4) is 0 Å². The molecule has 0 aliphatic carbocycles. The van der Waals surface area contributed by atoms with Crippen molar-refractivity contribution in [2.75, 3.05) is 18.1 Å². The number of rotatable bonds is 2. The highest BCUT2D eigenvalue weighted by Gasteiger charge is 2.37. The van der Waals surface area contributed by atoms with Crippen LogP contribution in [0.25, 0.3) is 0 Å². The summed E-state index contributed by atoms with van der Waals surface area (Å²) in [6.45, 7) is 2.74. The summed E-state index contributed by atoms with van der Waals surface area (Å²) < 4.78 is 23.0. The van der Waals surface area contributed by atoms with Gasteiger partial charge in [0.05, 0.1) is 17.0 Å². The van der Waals surface area contributed by atoms with Gasteiger partial charge in [0.15, 0.2) is 9.84 Å².